The third-order valence-electron chi connectivity index (χ3n) is 2.75. The van der Waals surface area contributed by atoms with Crippen LogP contribution in [0.3, 0.4) is 0 Å². The van der Waals surface area contributed by atoms with Crippen LogP contribution in [0.4, 0.5) is 0 Å². The van der Waals surface area contributed by atoms with Crippen molar-refractivity contribution in [3.8, 4) is 0 Å². The molecule has 0 spiro atoms. The smallest absolute Gasteiger partial charge is 0.0480 e. The van der Waals surface area contributed by atoms with Crippen LogP contribution in [-0.2, 0) is 10.5 Å². The summed E-state index contributed by atoms with van der Waals surface area (Å²) >= 11 is 3.80. The van der Waals surface area contributed by atoms with Crippen LogP contribution in [0.15, 0.2) is 16.8 Å². The molecule has 0 radical (unpaired) electrons. The lowest BCUT2D eigenvalue weighted by Gasteiger charge is -2.23. The molecule has 0 bridgehead atoms. The topological polar surface area (TPSA) is 21.3 Å². The molecule has 1 aromatic heterocycles. The highest BCUT2D eigenvalue weighted by Crippen LogP contribution is 2.14. The van der Waals surface area contributed by atoms with Crippen LogP contribution in [0.25, 0.3) is 0 Å². The van der Waals surface area contributed by atoms with Gasteiger partial charge in [-0.1, -0.05) is 0 Å². The van der Waals surface area contributed by atoms with E-state index in [1.165, 1.54) is 24.2 Å². The molecule has 1 aliphatic rings. The molecule has 0 atom stereocenters. The van der Waals surface area contributed by atoms with Gasteiger partial charge in [0, 0.05) is 37.3 Å². The van der Waals surface area contributed by atoms with Gasteiger partial charge in [0.2, 0.25) is 0 Å². The van der Waals surface area contributed by atoms with Crippen molar-refractivity contribution in [1.29, 1.82) is 0 Å². The van der Waals surface area contributed by atoms with E-state index in [1.54, 1.807) is 11.3 Å². The maximum atomic E-state index is 5.33. The fraction of sp³-hybridized carbons (Fsp3) is 0.667. The van der Waals surface area contributed by atoms with Crippen LogP contribution in [0, 0.1) is 0 Å². The first-order chi connectivity index (χ1) is 7.95. The number of nitrogens with one attached hydrogen (secondary N) is 1. The predicted octanol–water partition coefficient (Wildman–Crippen LogP) is 2.75. The molecule has 1 aliphatic heterocycles. The number of ether oxygens (including phenoxy) is 1. The van der Waals surface area contributed by atoms with Crippen molar-refractivity contribution >= 4 is 23.1 Å². The minimum Gasteiger partial charge on any atom is -0.381 e. The highest BCUT2D eigenvalue weighted by atomic mass is 32.2. The number of hydrogen-bond acceptors (Lipinski definition) is 4. The van der Waals surface area contributed by atoms with E-state index in [4.69, 9.17) is 4.74 Å². The summed E-state index contributed by atoms with van der Waals surface area (Å²) < 4.78 is 5.33. The Kier molecular flexibility index (Phi) is 5.69. The zero-order valence-electron chi connectivity index (χ0n) is 9.48. The van der Waals surface area contributed by atoms with Gasteiger partial charge >= 0.3 is 0 Å². The van der Waals surface area contributed by atoms with E-state index in [0.29, 0.717) is 6.04 Å². The Morgan fingerprint density at radius 2 is 2.31 bits per heavy atom. The van der Waals surface area contributed by atoms with E-state index in [1.807, 2.05) is 11.8 Å². The normalized spacial score (nSPS) is 17.8. The van der Waals surface area contributed by atoms with Crippen molar-refractivity contribution in [3.05, 3.63) is 22.4 Å². The fourth-order valence-electron chi connectivity index (χ4n) is 1.80. The maximum Gasteiger partial charge on any atom is 0.0480 e. The fourth-order valence-corrected chi connectivity index (χ4v) is 3.40. The number of thiophene rings is 1. The summed E-state index contributed by atoms with van der Waals surface area (Å²) in [4.78, 5) is 0. The standard InChI is InChI=1S/C12H19NOS2/c1-5-14-6-2-12(1)13-4-8-16-10-11-3-7-15-9-11/h3,7,9,12-13H,1-2,4-6,8,10H2. The highest BCUT2D eigenvalue weighted by molar-refractivity contribution is 7.98. The molecule has 0 amide bonds. The summed E-state index contributed by atoms with van der Waals surface area (Å²) in [6.07, 6.45) is 2.35. The first-order valence-corrected chi connectivity index (χ1v) is 7.95. The largest absolute Gasteiger partial charge is 0.381 e. The summed E-state index contributed by atoms with van der Waals surface area (Å²) in [7, 11) is 0. The van der Waals surface area contributed by atoms with Crippen molar-refractivity contribution in [2.75, 3.05) is 25.5 Å². The van der Waals surface area contributed by atoms with E-state index in [2.05, 4.69) is 22.1 Å². The summed E-state index contributed by atoms with van der Waals surface area (Å²) in [5, 5.41) is 7.99. The summed E-state index contributed by atoms with van der Waals surface area (Å²) in [6, 6.07) is 2.90. The Hall–Kier alpha value is -0.0300. The molecule has 4 heteroatoms. The van der Waals surface area contributed by atoms with Gasteiger partial charge in [-0.15, -0.1) is 0 Å². The van der Waals surface area contributed by atoms with Crippen molar-refractivity contribution in [2.24, 2.45) is 0 Å². The van der Waals surface area contributed by atoms with Crippen molar-refractivity contribution < 1.29 is 4.74 Å². The van der Waals surface area contributed by atoms with E-state index >= 15 is 0 Å². The molecule has 0 saturated carbocycles. The zero-order valence-corrected chi connectivity index (χ0v) is 11.1. The third-order valence-corrected chi connectivity index (χ3v) is 4.51. The summed E-state index contributed by atoms with van der Waals surface area (Å²) in [6.45, 7) is 2.99. The van der Waals surface area contributed by atoms with E-state index in [0.717, 1.165) is 25.5 Å². The van der Waals surface area contributed by atoms with Gasteiger partial charge in [0.25, 0.3) is 0 Å². The molecule has 0 aliphatic carbocycles. The Balaban J connectivity index is 1.48. The van der Waals surface area contributed by atoms with Crippen molar-refractivity contribution in [1.82, 2.24) is 5.32 Å². The van der Waals surface area contributed by atoms with E-state index in [9.17, 15) is 0 Å². The Bertz CT molecular complexity index is 271. The van der Waals surface area contributed by atoms with Gasteiger partial charge in [0.15, 0.2) is 0 Å². The third kappa shape index (κ3) is 4.45. The maximum absolute atomic E-state index is 5.33. The molecule has 1 N–H and O–H groups in total. The summed E-state index contributed by atoms with van der Waals surface area (Å²) in [5.74, 6) is 2.35. The lowest BCUT2D eigenvalue weighted by molar-refractivity contribution is 0.0786. The average Bonchev–Trinajstić information content (AvgIpc) is 2.83. The number of hydrogen-bond donors (Lipinski definition) is 1. The average molecular weight is 257 g/mol. The molecule has 1 saturated heterocycles. The molecule has 2 heterocycles. The van der Waals surface area contributed by atoms with Gasteiger partial charge in [-0.05, 0) is 35.2 Å². The number of thioether (sulfide) groups is 1. The lowest BCUT2D eigenvalue weighted by Crippen LogP contribution is -2.36. The monoisotopic (exact) mass is 257 g/mol. The van der Waals surface area contributed by atoms with Crippen molar-refractivity contribution in [2.45, 2.75) is 24.6 Å². The minimum absolute atomic E-state index is 0.690. The molecule has 90 valence electrons. The molecular weight excluding hydrogens is 238 g/mol. The molecule has 2 nitrogen and oxygen atoms in total. The second-order valence-electron chi connectivity index (χ2n) is 4.02. The zero-order chi connectivity index (χ0) is 11.1. The van der Waals surface area contributed by atoms with Crippen LogP contribution in [0.5, 0.6) is 0 Å². The first kappa shape index (κ1) is 12.4. The number of rotatable bonds is 6. The van der Waals surface area contributed by atoms with Gasteiger partial charge in [-0.3, -0.25) is 0 Å². The molecule has 1 aromatic rings. The second kappa shape index (κ2) is 7.33. The van der Waals surface area contributed by atoms with Gasteiger partial charge in [-0.2, -0.15) is 23.1 Å². The van der Waals surface area contributed by atoms with E-state index < -0.39 is 0 Å². The molecule has 0 aromatic carbocycles. The molecule has 2 rings (SSSR count). The SMILES string of the molecule is c1cc(CSCCNC2CCOCC2)cs1. The summed E-state index contributed by atoms with van der Waals surface area (Å²) in [5.41, 5.74) is 1.46. The lowest BCUT2D eigenvalue weighted by atomic mass is 10.1. The minimum atomic E-state index is 0.690. The second-order valence-corrected chi connectivity index (χ2v) is 5.91. The molecular formula is C12H19NOS2. The quantitative estimate of drug-likeness (QED) is 0.792. The van der Waals surface area contributed by atoms with Crippen LogP contribution in [0.2, 0.25) is 0 Å². The Morgan fingerprint density at radius 1 is 1.44 bits per heavy atom. The van der Waals surface area contributed by atoms with E-state index in [-0.39, 0.29) is 0 Å². The molecule has 1 fully saturated rings. The molecule has 0 unspecified atom stereocenters. The van der Waals surface area contributed by atoms with Crippen LogP contribution in [-0.4, -0.2) is 31.6 Å². The van der Waals surface area contributed by atoms with Crippen LogP contribution < -0.4 is 5.32 Å². The highest BCUT2D eigenvalue weighted by Gasteiger charge is 2.11. The van der Waals surface area contributed by atoms with Gasteiger partial charge < -0.3 is 10.1 Å². The first-order valence-electron chi connectivity index (χ1n) is 5.85. The van der Waals surface area contributed by atoms with Crippen LogP contribution >= 0.6 is 23.1 Å². The van der Waals surface area contributed by atoms with Crippen LogP contribution in [0.1, 0.15) is 18.4 Å². The van der Waals surface area contributed by atoms with Gasteiger partial charge in [-0.25, -0.2) is 0 Å². The Morgan fingerprint density at radius 3 is 3.06 bits per heavy atom. The van der Waals surface area contributed by atoms with Gasteiger partial charge in [0.1, 0.15) is 0 Å². The predicted molar refractivity (Wildman–Crippen MR) is 72.3 cm³/mol. The molecule has 16 heavy (non-hydrogen) atoms. The Labute approximate surface area is 106 Å². The van der Waals surface area contributed by atoms with Gasteiger partial charge in [0.05, 0.1) is 0 Å². The van der Waals surface area contributed by atoms with Crippen molar-refractivity contribution in [3.63, 3.8) is 0 Å².